The average molecular weight is 462 g/mol. The maximum absolute atomic E-state index is 12.9. The molecule has 0 aliphatic carbocycles. The number of sulfonamides is 1. The Hall–Kier alpha value is -2.26. The first kappa shape index (κ1) is 21.0. The molecular formula is C21H20ClN3O3S2. The number of hydrogen-bond acceptors (Lipinski definition) is 5. The fourth-order valence-electron chi connectivity index (χ4n) is 3.46. The number of benzene rings is 1. The number of aromatic nitrogens is 1. The minimum absolute atomic E-state index is 0.0799. The van der Waals surface area contributed by atoms with Gasteiger partial charge in [-0.25, -0.2) is 8.42 Å². The van der Waals surface area contributed by atoms with Gasteiger partial charge in [-0.05, 0) is 31.0 Å². The molecule has 0 unspecified atom stereocenters. The summed E-state index contributed by atoms with van der Waals surface area (Å²) in [6.45, 7) is 2.97. The van der Waals surface area contributed by atoms with Gasteiger partial charge in [-0.1, -0.05) is 47.5 Å². The number of pyridine rings is 1. The summed E-state index contributed by atoms with van der Waals surface area (Å²) in [7, 11) is -3.87. The third-order valence-electron chi connectivity index (χ3n) is 4.90. The molecule has 1 amide bonds. The molecule has 0 bridgehead atoms. The van der Waals surface area contributed by atoms with Gasteiger partial charge in [0.2, 0.25) is 5.91 Å². The van der Waals surface area contributed by atoms with E-state index in [4.69, 9.17) is 11.6 Å². The fourth-order valence-corrected chi connectivity index (χ4v) is 6.51. The molecule has 0 saturated carbocycles. The van der Waals surface area contributed by atoms with Crippen LogP contribution in [-0.2, 0) is 21.4 Å². The molecular weight excluding hydrogens is 442 g/mol. The summed E-state index contributed by atoms with van der Waals surface area (Å²) < 4.78 is 28.4. The lowest BCUT2D eigenvalue weighted by Crippen LogP contribution is -2.41. The Bertz CT molecular complexity index is 1180. The molecule has 1 aliphatic rings. The number of halogens is 1. The molecule has 3 heterocycles. The summed E-state index contributed by atoms with van der Waals surface area (Å²) in [5.74, 6) is -0.213. The van der Waals surface area contributed by atoms with Crippen LogP contribution in [0.4, 0.5) is 0 Å². The lowest BCUT2D eigenvalue weighted by molar-refractivity contribution is -0.129. The number of likely N-dealkylation sites (tertiary alicyclic amines) is 1. The third-order valence-corrected chi connectivity index (χ3v) is 8.44. The van der Waals surface area contributed by atoms with Crippen molar-refractivity contribution in [2.45, 2.75) is 30.1 Å². The summed E-state index contributed by atoms with van der Waals surface area (Å²) in [5.41, 5.74) is 2.89. The molecule has 1 atom stereocenters. The molecule has 1 aliphatic heterocycles. The minimum Gasteiger partial charge on any atom is -0.337 e. The lowest BCUT2D eigenvalue weighted by atomic mass is 10.1. The Balaban J connectivity index is 1.48. The monoisotopic (exact) mass is 461 g/mol. The van der Waals surface area contributed by atoms with Crippen LogP contribution in [0.5, 0.6) is 0 Å². The molecule has 6 nitrogen and oxygen atoms in total. The Morgan fingerprint density at radius 2 is 2.10 bits per heavy atom. The second-order valence-electron chi connectivity index (χ2n) is 7.20. The number of hydrogen-bond donors (Lipinski definition) is 1. The Morgan fingerprint density at radius 3 is 2.83 bits per heavy atom. The zero-order valence-electron chi connectivity index (χ0n) is 16.2. The summed E-state index contributed by atoms with van der Waals surface area (Å²) in [4.78, 5) is 19.1. The highest BCUT2D eigenvalue weighted by Crippen LogP contribution is 2.38. The van der Waals surface area contributed by atoms with Crippen LogP contribution in [0.15, 0.2) is 59.1 Å². The van der Waals surface area contributed by atoms with Crippen molar-refractivity contribution >= 4 is 38.9 Å². The van der Waals surface area contributed by atoms with Crippen molar-refractivity contribution < 1.29 is 13.2 Å². The van der Waals surface area contributed by atoms with E-state index in [-0.39, 0.29) is 10.1 Å². The van der Waals surface area contributed by atoms with E-state index in [9.17, 15) is 13.2 Å². The largest absolute Gasteiger partial charge is 0.337 e. The quantitative estimate of drug-likeness (QED) is 0.604. The second-order valence-corrected chi connectivity index (χ2v) is 10.6. The van der Waals surface area contributed by atoms with Gasteiger partial charge in [0, 0.05) is 31.0 Å². The first-order valence-corrected chi connectivity index (χ1v) is 12.1. The molecule has 156 valence electrons. The van der Waals surface area contributed by atoms with Crippen molar-refractivity contribution in [2.75, 3.05) is 6.54 Å². The Labute approximate surface area is 184 Å². The number of carbonyl (C=O) groups excluding carboxylic acids is 1. The van der Waals surface area contributed by atoms with Crippen molar-refractivity contribution in [2.24, 2.45) is 0 Å². The van der Waals surface area contributed by atoms with E-state index < -0.39 is 16.1 Å². The van der Waals surface area contributed by atoms with E-state index in [1.807, 2.05) is 37.3 Å². The number of rotatable bonds is 6. The first-order chi connectivity index (χ1) is 14.3. The molecule has 1 N–H and O–H groups in total. The molecule has 3 aromatic rings. The molecule has 1 aromatic carbocycles. The van der Waals surface area contributed by atoms with Gasteiger partial charge in [0.05, 0.1) is 9.90 Å². The molecule has 30 heavy (non-hydrogen) atoms. The minimum atomic E-state index is -3.87. The summed E-state index contributed by atoms with van der Waals surface area (Å²) in [6, 6.07) is 12.2. The topological polar surface area (TPSA) is 79.4 Å². The van der Waals surface area contributed by atoms with Crippen LogP contribution in [0, 0.1) is 6.92 Å². The van der Waals surface area contributed by atoms with Gasteiger partial charge in [0.25, 0.3) is 10.0 Å². The fraction of sp³-hybridized carbons (Fsp3) is 0.238. The van der Waals surface area contributed by atoms with Gasteiger partial charge in [-0.3, -0.25) is 9.78 Å². The molecule has 4 rings (SSSR count). The molecule has 2 aromatic heterocycles. The number of carbonyl (C=O) groups is 1. The summed E-state index contributed by atoms with van der Waals surface area (Å²) >= 11 is 7.33. The van der Waals surface area contributed by atoms with Crippen LogP contribution in [-0.4, -0.2) is 36.8 Å². The van der Waals surface area contributed by atoms with E-state index in [0.29, 0.717) is 29.4 Å². The number of nitrogens with one attached hydrogen (secondary N) is 1. The van der Waals surface area contributed by atoms with Gasteiger partial charge in [-0.15, -0.1) is 11.3 Å². The van der Waals surface area contributed by atoms with E-state index in [2.05, 4.69) is 9.71 Å². The highest BCUT2D eigenvalue weighted by Gasteiger charge is 2.35. The maximum atomic E-state index is 12.9. The second kappa shape index (κ2) is 8.47. The van der Waals surface area contributed by atoms with Crippen molar-refractivity contribution in [1.82, 2.24) is 14.6 Å². The van der Waals surface area contributed by atoms with Gasteiger partial charge in [0.1, 0.15) is 10.3 Å². The first-order valence-electron chi connectivity index (χ1n) is 9.40. The predicted octanol–water partition coefficient (Wildman–Crippen LogP) is 3.85. The Morgan fingerprint density at radius 1 is 1.27 bits per heavy atom. The highest BCUT2D eigenvalue weighted by molar-refractivity contribution is 7.91. The van der Waals surface area contributed by atoms with Gasteiger partial charge < -0.3 is 4.90 Å². The van der Waals surface area contributed by atoms with E-state index in [1.165, 1.54) is 6.07 Å². The smallest absolute Gasteiger partial charge is 0.250 e. The third kappa shape index (κ3) is 4.41. The standard InChI is InChI=1S/C21H20ClN3O3S2/c1-14-4-2-5-15(10-14)13-25-9-7-18(21(25)26)24-30(27,28)19-11-17(22)20(29-19)16-6-3-8-23-12-16/h2-6,8,10-12,18,24H,7,9,13H2,1H3/t18-/m0/s1. The number of thiophene rings is 1. The number of amides is 1. The van der Waals surface area contributed by atoms with E-state index in [0.717, 1.165) is 28.0 Å². The highest BCUT2D eigenvalue weighted by atomic mass is 35.5. The molecule has 9 heteroatoms. The average Bonchev–Trinajstić information content (AvgIpc) is 3.27. The van der Waals surface area contributed by atoms with Crippen molar-refractivity contribution in [3.63, 3.8) is 0 Å². The molecule has 0 radical (unpaired) electrons. The van der Waals surface area contributed by atoms with Crippen LogP contribution in [0.3, 0.4) is 0 Å². The van der Waals surface area contributed by atoms with Gasteiger partial charge in [0.15, 0.2) is 0 Å². The predicted molar refractivity (Wildman–Crippen MR) is 118 cm³/mol. The molecule has 1 saturated heterocycles. The van der Waals surface area contributed by atoms with Crippen LogP contribution in [0.2, 0.25) is 5.02 Å². The summed E-state index contributed by atoms with van der Waals surface area (Å²) in [5, 5.41) is 0.340. The lowest BCUT2D eigenvalue weighted by Gasteiger charge is -2.17. The Kier molecular flexibility index (Phi) is 5.92. The maximum Gasteiger partial charge on any atom is 0.250 e. The van der Waals surface area contributed by atoms with Crippen LogP contribution >= 0.6 is 22.9 Å². The van der Waals surface area contributed by atoms with E-state index in [1.54, 1.807) is 23.4 Å². The summed E-state index contributed by atoms with van der Waals surface area (Å²) in [6.07, 6.45) is 3.70. The van der Waals surface area contributed by atoms with Crippen molar-refractivity contribution in [1.29, 1.82) is 0 Å². The zero-order chi connectivity index (χ0) is 21.3. The van der Waals surface area contributed by atoms with Gasteiger partial charge in [-0.2, -0.15) is 4.72 Å². The SMILES string of the molecule is Cc1cccc(CN2CC[C@H](NS(=O)(=O)c3cc(Cl)c(-c4cccnc4)s3)C2=O)c1. The normalized spacial score (nSPS) is 16.9. The number of nitrogens with zero attached hydrogens (tertiary/aromatic N) is 2. The van der Waals surface area contributed by atoms with Gasteiger partial charge >= 0.3 is 0 Å². The molecule has 0 spiro atoms. The van der Waals surface area contributed by atoms with E-state index >= 15 is 0 Å². The van der Waals surface area contributed by atoms with Crippen LogP contribution in [0.1, 0.15) is 17.5 Å². The van der Waals surface area contributed by atoms with Crippen molar-refractivity contribution in [3.8, 4) is 10.4 Å². The van der Waals surface area contributed by atoms with Crippen LogP contribution in [0.25, 0.3) is 10.4 Å². The number of aryl methyl sites for hydroxylation is 1. The van der Waals surface area contributed by atoms with Crippen molar-refractivity contribution in [3.05, 3.63) is 71.0 Å². The van der Waals surface area contributed by atoms with Crippen LogP contribution < -0.4 is 4.72 Å². The zero-order valence-corrected chi connectivity index (χ0v) is 18.6. The molecule has 1 fully saturated rings.